The molecule has 2 aromatic rings. The van der Waals surface area contributed by atoms with Gasteiger partial charge in [-0.1, -0.05) is 6.07 Å². The molecule has 6 heteroatoms. The van der Waals surface area contributed by atoms with Crippen molar-refractivity contribution in [3.05, 3.63) is 24.0 Å². The highest BCUT2D eigenvalue weighted by atomic mass is 35.5. The zero-order valence-corrected chi connectivity index (χ0v) is 12.9. The predicted octanol–water partition coefficient (Wildman–Crippen LogP) is 2.80. The minimum absolute atomic E-state index is 0.0296. The number of halogens is 1. The van der Waals surface area contributed by atoms with E-state index in [1.807, 2.05) is 29.7 Å². The molecule has 1 aromatic carbocycles. The highest BCUT2D eigenvalue weighted by Crippen LogP contribution is 2.34. The number of fused-ring (bicyclic) bond motifs is 1. The molecule has 0 bridgehead atoms. The van der Waals surface area contributed by atoms with Gasteiger partial charge in [-0.3, -0.25) is 4.79 Å². The number of methoxy groups -OCH3 is 1. The molecular formula is C15H18ClN3O2. The molecule has 2 unspecified atom stereocenters. The molecule has 1 N–H and O–H groups in total. The Morgan fingerprint density at radius 2 is 2.33 bits per heavy atom. The lowest BCUT2D eigenvalue weighted by Crippen LogP contribution is -2.38. The summed E-state index contributed by atoms with van der Waals surface area (Å²) in [6.07, 6.45) is 1.75. The van der Waals surface area contributed by atoms with E-state index in [0.29, 0.717) is 11.6 Å². The first-order chi connectivity index (χ1) is 10.1. The summed E-state index contributed by atoms with van der Waals surface area (Å²) in [7, 11) is 1.62. The van der Waals surface area contributed by atoms with Gasteiger partial charge in [0, 0.05) is 6.54 Å². The van der Waals surface area contributed by atoms with E-state index >= 15 is 0 Å². The molecule has 1 saturated heterocycles. The molecular weight excluding hydrogens is 290 g/mol. The van der Waals surface area contributed by atoms with E-state index in [9.17, 15) is 4.79 Å². The fourth-order valence-electron chi connectivity index (χ4n) is 2.88. The SMILES string of the molecule is COc1cccc2c1nc(C(C)Cl)n2C1CCCNC1=O. The van der Waals surface area contributed by atoms with Crippen molar-refractivity contribution in [3.8, 4) is 5.75 Å². The van der Waals surface area contributed by atoms with Gasteiger partial charge in [-0.05, 0) is 31.9 Å². The third kappa shape index (κ3) is 2.35. The largest absolute Gasteiger partial charge is 0.494 e. The van der Waals surface area contributed by atoms with Crippen molar-refractivity contribution >= 4 is 28.5 Å². The van der Waals surface area contributed by atoms with E-state index in [0.717, 1.165) is 30.4 Å². The molecule has 2 atom stereocenters. The van der Waals surface area contributed by atoms with E-state index < -0.39 is 0 Å². The van der Waals surface area contributed by atoms with Crippen LogP contribution >= 0.6 is 11.6 Å². The molecule has 0 radical (unpaired) electrons. The van der Waals surface area contributed by atoms with Gasteiger partial charge in [-0.15, -0.1) is 11.6 Å². The van der Waals surface area contributed by atoms with Gasteiger partial charge in [0.15, 0.2) is 0 Å². The number of imidazole rings is 1. The lowest BCUT2D eigenvalue weighted by Gasteiger charge is -2.25. The number of aromatic nitrogens is 2. The van der Waals surface area contributed by atoms with Crippen LogP contribution in [-0.4, -0.2) is 29.1 Å². The third-order valence-corrected chi connectivity index (χ3v) is 4.05. The van der Waals surface area contributed by atoms with E-state index in [-0.39, 0.29) is 17.3 Å². The maximum atomic E-state index is 12.2. The third-order valence-electron chi connectivity index (χ3n) is 3.85. The number of nitrogens with zero attached hydrogens (tertiary/aromatic N) is 2. The summed E-state index contributed by atoms with van der Waals surface area (Å²) >= 11 is 6.29. The Balaban J connectivity index is 2.23. The van der Waals surface area contributed by atoms with Crippen LogP contribution in [0.4, 0.5) is 0 Å². The smallest absolute Gasteiger partial charge is 0.243 e. The van der Waals surface area contributed by atoms with Gasteiger partial charge in [0.1, 0.15) is 23.1 Å². The van der Waals surface area contributed by atoms with Crippen LogP contribution < -0.4 is 10.1 Å². The molecule has 0 saturated carbocycles. The lowest BCUT2D eigenvalue weighted by molar-refractivity contribution is -0.125. The van der Waals surface area contributed by atoms with Crippen LogP contribution in [0.3, 0.4) is 0 Å². The van der Waals surface area contributed by atoms with Gasteiger partial charge in [-0.2, -0.15) is 0 Å². The van der Waals surface area contributed by atoms with E-state index in [1.165, 1.54) is 0 Å². The highest BCUT2D eigenvalue weighted by Gasteiger charge is 2.29. The van der Waals surface area contributed by atoms with Gasteiger partial charge in [-0.25, -0.2) is 4.98 Å². The lowest BCUT2D eigenvalue weighted by atomic mass is 10.1. The average molecular weight is 308 g/mol. The maximum absolute atomic E-state index is 12.2. The van der Waals surface area contributed by atoms with Crippen LogP contribution in [0.25, 0.3) is 11.0 Å². The number of hydrogen-bond acceptors (Lipinski definition) is 3. The molecule has 0 spiro atoms. The molecule has 3 rings (SSSR count). The molecule has 1 fully saturated rings. The number of benzene rings is 1. The summed E-state index contributed by atoms with van der Waals surface area (Å²) in [6.45, 7) is 2.60. The number of alkyl halides is 1. The Labute approximate surface area is 128 Å². The number of amides is 1. The molecule has 0 aliphatic carbocycles. The van der Waals surface area contributed by atoms with Crippen LogP contribution in [0.2, 0.25) is 0 Å². The summed E-state index contributed by atoms with van der Waals surface area (Å²) in [6, 6.07) is 5.47. The number of ether oxygens (including phenoxy) is 1. The molecule has 1 aromatic heterocycles. The number of piperidine rings is 1. The minimum Gasteiger partial charge on any atom is -0.494 e. The summed E-state index contributed by atoms with van der Waals surface area (Å²) in [5, 5.41) is 2.64. The fourth-order valence-corrected chi connectivity index (χ4v) is 3.04. The summed E-state index contributed by atoms with van der Waals surface area (Å²) in [5.74, 6) is 1.43. The Morgan fingerprint density at radius 3 is 3.00 bits per heavy atom. The van der Waals surface area contributed by atoms with Gasteiger partial charge in [0.05, 0.1) is 18.0 Å². The monoisotopic (exact) mass is 307 g/mol. The van der Waals surface area contributed by atoms with E-state index in [4.69, 9.17) is 16.3 Å². The van der Waals surface area contributed by atoms with Crippen molar-refractivity contribution in [1.82, 2.24) is 14.9 Å². The molecule has 1 aliphatic heterocycles. The standard InChI is InChI=1S/C15H18ClN3O2/c1-9(16)14-18-13-10(5-3-7-12(13)21-2)19(14)11-6-4-8-17-15(11)20/h3,5,7,9,11H,4,6,8H2,1-2H3,(H,17,20). The van der Waals surface area contributed by atoms with Crippen LogP contribution in [-0.2, 0) is 4.79 Å². The Bertz CT molecular complexity index is 681. The summed E-state index contributed by atoms with van der Waals surface area (Å²) < 4.78 is 7.33. The van der Waals surface area contributed by atoms with Crippen molar-refractivity contribution in [2.75, 3.05) is 13.7 Å². The second kappa shape index (κ2) is 5.56. The number of carbonyl (C=O) groups is 1. The summed E-state index contributed by atoms with van der Waals surface area (Å²) in [4.78, 5) is 16.9. The number of nitrogens with one attached hydrogen (secondary N) is 1. The van der Waals surface area contributed by atoms with Crippen LogP contribution in [0.5, 0.6) is 5.75 Å². The first kappa shape index (κ1) is 14.2. The van der Waals surface area contributed by atoms with Gasteiger partial charge < -0.3 is 14.6 Å². The average Bonchev–Trinajstić information content (AvgIpc) is 2.87. The van der Waals surface area contributed by atoms with Crippen LogP contribution in [0.15, 0.2) is 18.2 Å². The van der Waals surface area contributed by atoms with Crippen molar-refractivity contribution in [3.63, 3.8) is 0 Å². The fraction of sp³-hybridized carbons (Fsp3) is 0.467. The Hall–Kier alpha value is -1.75. The second-order valence-electron chi connectivity index (χ2n) is 5.23. The number of carbonyl (C=O) groups excluding carboxylic acids is 1. The molecule has 1 aliphatic rings. The number of rotatable bonds is 3. The zero-order chi connectivity index (χ0) is 15.0. The first-order valence-electron chi connectivity index (χ1n) is 7.10. The molecule has 21 heavy (non-hydrogen) atoms. The highest BCUT2D eigenvalue weighted by molar-refractivity contribution is 6.20. The number of para-hydroxylation sites is 1. The van der Waals surface area contributed by atoms with Crippen LogP contribution in [0.1, 0.15) is 37.0 Å². The zero-order valence-electron chi connectivity index (χ0n) is 12.1. The van der Waals surface area contributed by atoms with Crippen molar-refractivity contribution in [1.29, 1.82) is 0 Å². The van der Waals surface area contributed by atoms with Crippen molar-refractivity contribution in [2.45, 2.75) is 31.2 Å². The first-order valence-corrected chi connectivity index (χ1v) is 7.53. The topological polar surface area (TPSA) is 56.1 Å². The maximum Gasteiger partial charge on any atom is 0.243 e. The van der Waals surface area contributed by atoms with Crippen LogP contribution in [0, 0.1) is 0 Å². The molecule has 1 amide bonds. The van der Waals surface area contributed by atoms with E-state index in [1.54, 1.807) is 7.11 Å². The Morgan fingerprint density at radius 1 is 1.52 bits per heavy atom. The second-order valence-corrected chi connectivity index (χ2v) is 5.89. The number of hydrogen-bond donors (Lipinski definition) is 1. The Kier molecular flexibility index (Phi) is 3.76. The van der Waals surface area contributed by atoms with Gasteiger partial charge >= 0.3 is 0 Å². The predicted molar refractivity (Wildman–Crippen MR) is 81.8 cm³/mol. The normalized spacial score (nSPS) is 20.3. The molecule has 112 valence electrons. The van der Waals surface area contributed by atoms with Crippen molar-refractivity contribution < 1.29 is 9.53 Å². The van der Waals surface area contributed by atoms with Gasteiger partial charge in [0.25, 0.3) is 0 Å². The minimum atomic E-state index is -0.281. The van der Waals surface area contributed by atoms with E-state index in [2.05, 4.69) is 10.3 Å². The van der Waals surface area contributed by atoms with Crippen molar-refractivity contribution in [2.24, 2.45) is 0 Å². The quantitative estimate of drug-likeness (QED) is 0.887. The van der Waals surface area contributed by atoms with Gasteiger partial charge in [0.2, 0.25) is 5.91 Å². The summed E-state index contributed by atoms with van der Waals surface area (Å²) in [5.41, 5.74) is 1.64. The molecule has 5 nitrogen and oxygen atoms in total. The molecule has 2 heterocycles.